The van der Waals surface area contributed by atoms with Crippen molar-refractivity contribution in [3.05, 3.63) is 0 Å². The predicted molar refractivity (Wildman–Crippen MR) is 44.2 cm³/mol. The highest BCUT2D eigenvalue weighted by atomic mass is 16.3. The molecule has 1 saturated carbocycles. The lowest BCUT2D eigenvalue weighted by atomic mass is 9.77. The van der Waals surface area contributed by atoms with E-state index in [1.54, 1.807) is 0 Å². The van der Waals surface area contributed by atoms with Crippen molar-refractivity contribution >= 4 is 0 Å². The van der Waals surface area contributed by atoms with Crippen LogP contribution in [0.5, 0.6) is 0 Å². The molecule has 2 unspecified atom stereocenters. The molecule has 1 aliphatic carbocycles. The van der Waals surface area contributed by atoms with E-state index in [1.165, 1.54) is 0 Å². The van der Waals surface area contributed by atoms with E-state index in [0.717, 1.165) is 19.3 Å². The minimum Gasteiger partial charge on any atom is -0.393 e. The third kappa shape index (κ3) is 1.94. The Bertz CT molecular complexity index is 113. The van der Waals surface area contributed by atoms with Gasteiger partial charge in [0.05, 0.1) is 12.2 Å². The van der Waals surface area contributed by atoms with Crippen LogP contribution in [0.15, 0.2) is 0 Å². The predicted octanol–water partition coefficient (Wildman–Crippen LogP) is 1.16. The molecule has 0 aromatic rings. The molecule has 1 rings (SSSR count). The zero-order chi connectivity index (χ0) is 8.43. The quantitative estimate of drug-likeness (QED) is 0.601. The molecular formula is C9H18O2. The van der Waals surface area contributed by atoms with Crippen molar-refractivity contribution in [3.63, 3.8) is 0 Å². The van der Waals surface area contributed by atoms with Gasteiger partial charge in [0.25, 0.3) is 0 Å². The summed E-state index contributed by atoms with van der Waals surface area (Å²) in [6.07, 6.45) is 2.13. The van der Waals surface area contributed by atoms with Gasteiger partial charge in [0, 0.05) is 5.92 Å². The van der Waals surface area contributed by atoms with Crippen LogP contribution in [0, 0.1) is 11.8 Å². The Labute approximate surface area is 68.2 Å². The van der Waals surface area contributed by atoms with Gasteiger partial charge in [-0.1, -0.05) is 13.8 Å². The molecule has 0 heterocycles. The van der Waals surface area contributed by atoms with E-state index in [9.17, 15) is 10.2 Å². The van der Waals surface area contributed by atoms with Crippen LogP contribution < -0.4 is 0 Å². The normalized spacial score (nSPS) is 39.5. The molecular weight excluding hydrogens is 140 g/mol. The van der Waals surface area contributed by atoms with E-state index in [-0.39, 0.29) is 18.1 Å². The summed E-state index contributed by atoms with van der Waals surface area (Å²) >= 11 is 0. The van der Waals surface area contributed by atoms with Gasteiger partial charge in [-0.3, -0.25) is 0 Å². The lowest BCUT2D eigenvalue weighted by Crippen LogP contribution is -2.39. The van der Waals surface area contributed by atoms with Crippen LogP contribution in [-0.4, -0.2) is 22.4 Å². The van der Waals surface area contributed by atoms with Crippen molar-refractivity contribution in [1.82, 2.24) is 0 Å². The van der Waals surface area contributed by atoms with Crippen LogP contribution >= 0.6 is 0 Å². The summed E-state index contributed by atoms with van der Waals surface area (Å²) in [6.45, 7) is 4.12. The fraction of sp³-hybridized carbons (Fsp3) is 1.00. The summed E-state index contributed by atoms with van der Waals surface area (Å²) in [5.74, 6) is 0.490. The third-order valence-corrected chi connectivity index (χ3v) is 2.66. The second kappa shape index (κ2) is 3.55. The molecule has 0 bridgehead atoms. The van der Waals surface area contributed by atoms with Gasteiger partial charge in [-0.2, -0.15) is 0 Å². The first kappa shape index (κ1) is 9.01. The monoisotopic (exact) mass is 158 g/mol. The minimum absolute atomic E-state index is 0.101. The van der Waals surface area contributed by atoms with Gasteiger partial charge >= 0.3 is 0 Å². The Hall–Kier alpha value is -0.0800. The highest BCUT2D eigenvalue weighted by Crippen LogP contribution is 2.30. The Morgan fingerprint density at radius 2 is 1.55 bits per heavy atom. The molecule has 0 spiro atoms. The lowest BCUT2D eigenvalue weighted by Gasteiger charge is -2.34. The Morgan fingerprint density at radius 1 is 1.09 bits per heavy atom. The van der Waals surface area contributed by atoms with E-state index < -0.39 is 0 Å². The Balaban J connectivity index is 2.55. The van der Waals surface area contributed by atoms with Gasteiger partial charge in [-0.05, 0) is 25.2 Å². The second-order valence-electron chi connectivity index (χ2n) is 3.89. The standard InChI is InChI=1S/C9H18O2/c1-6(2)9-7(10)4-3-5-8(9)11/h6-11H,3-5H2,1-2H3. The van der Waals surface area contributed by atoms with Crippen molar-refractivity contribution in [3.8, 4) is 0 Å². The summed E-state index contributed by atoms with van der Waals surface area (Å²) < 4.78 is 0. The van der Waals surface area contributed by atoms with Crippen molar-refractivity contribution in [2.24, 2.45) is 11.8 Å². The summed E-state index contributed by atoms with van der Waals surface area (Å²) in [7, 11) is 0. The molecule has 0 amide bonds. The minimum atomic E-state index is -0.279. The highest BCUT2D eigenvalue weighted by molar-refractivity contribution is 4.83. The maximum atomic E-state index is 9.55. The fourth-order valence-electron chi connectivity index (χ4n) is 2.07. The van der Waals surface area contributed by atoms with Gasteiger partial charge in [0.1, 0.15) is 0 Å². The van der Waals surface area contributed by atoms with Crippen LogP contribution in [0.2, 0.25) is 0 Å². The van der Waals surface area contributed by atoms with Gasteiger partial charge < -0.3 is 10.2 Å². The largest absolute Gasteiger partial charge is 0.393 e. The average molecular weight is 158 g/mol. The highest BCUT2D eigenvalue weighted by Gasteiger charge is 2.32. The van der Waals surface area contributed by atoms with E-state index in [2.05, 4.69) is 13.8 Å². The van der Waals surface area contributed by atoms with Crippen LogP contribution in [0.3, 0.4) is 0 Å². The summed E-state index contributed by atoms with van der Waals surface area (Å²) in [5.41, 5.74) is 0. The maximum absolute atomic E-state index is 9.55. The van der Waals surface area contributed by atoms with Crippen LogP contribution in [0.4, 0.5) is 0 Å². The number of hydrogen-bond acceptors (Lipinski definition) is 2. The maximum Gasteiger partial charge on any atom is 0.0595 e. The molecule has 2 N–H and O–H groups in total. The van der Waals surface area contributed by atoms with Gasteiger partial charge in [-0.25, -0.2) is 0 Å². The zero-order valence-corrected chi connectivity index (χ0v) is 7.33. The number of rotatable bonds is 1. The Kier molecular flexibility index (Phi) is 2.90. The fourth-order valence-corrected chi connectivity index (χ4v) is 2.07. The third-order valence-electron chi connectivity index (χ3n) is 2.66. The molecule has 0 saturated heterocycles. The van der Waals surface area contributed by atoms with E-state index >= 15 is 0 Å². The molecule has 0 radical (unpaired) electrons. The number of aliphatic hydroxyl groups is 2. The summed E-state index contributed by atoms with van der Waals surface area (Å²) in [5, 5.41) is 19.1. The van der Waals surface area contributed by atoms with Crippen LogP contribution in [-0.2, 0) is 0 Å². The van der Waals surface area contributed by atoms with Crippen molar-refractivity contribution < 1.29 is 10.2 Å². The molecule has 2 nitrogen and oxygen atoms in total. The molecule has 2 heteroatoms. The first-order chi connectivity index (χ1) is 5.13. The van der Waals surface area contributed by atoms with Gasteiger partial charge in [0.2, 0.25) is 0 Å². The number of hydrogen-bond donors (Lipinski definition) is 2. The van der Waals surface area contributed by atoms with Gasteiger partial charge in [-0.15, -0.1) is 0 Å². The molecule has 11 heavy (non-hydrogen) atoms. The topological polar surface area (TPSA) is 40.5 Å². The molecule has 66 valence electrons. The SMILES string of the molecule is CC(C)C1C(O)CCCC1O. The summed E-state index contributed by atoms with van der Waals surface area (Å²) in [6, 6.07) is 0. The van der Waals surface area contributed by atoms with Crippen molar-refractivity contribution in [2.45, 2.75) is 45.3 Å². The Morgan fingerprint density at radius 3 is 1.82 bits per heavy atom. The second-order valence-corrected chi connectivity index (χ2v) is 3.89. The van der Waals surface area contributed by atoms with E-state index in [4.69, 9.17) is 0 Å². The van der Waals surface area contributed by atoms with E-state index in [1.807, 2.05) is 0 Å². The summed E-state index contributed by atoms with van der Waals surface area (Å²) in [4.78, 5) is 0. The molecule has 1 fully saturated rings. The molecule has 1 aliphatic rings. The van der Waals surface area contributed by atoms with Crippen molar-refractivity contribution in [1.29, 1.82) is 0 Å². The van der Waals surface area contributed by atoms with E-state index in [0.29, 0.717) is 5.92 Å². The molecule has 0 aliphatic heterocycles. The molecule has 0 aromatic heterocycles. The first-order valence-corrected chi connectivity index (χ1v) is 4.49. The first-order valence-electron chi connectivity index (χ1n) is 4.49. The molecule has 2 atom stereocenters. The van der Waals surface area contributed by atoms with Crippen molar-refractivity contribution in [2.75, 3.05) is 0 Å². The smallest absolute Gasteiger partial charge is 0.0595 e. The van der Waals surface area contributed by atoms with Gasteiger partial charge in [0.15, 0.2) is 0 Å². The lowest BCUT2D eigenvalue weighted by molar-refractivity contribution is -0.0440. The number of aliphatic hydroxyl groups excluding tert-OH is 2. The van der Waals surface area contributed by atoms with Crippen LogP contribution in [0.25, 0.3) is 0 Å². The zero-order valence-electron chi connectivity index (χ0n) is 7.33. The average Bonchev–Trinajstić information content (AvgIpc) is 1.85. The molecule has 0 aromatic carbocycles. The van der Waals surface area contributed by atoms with Crippen LogP contribution in [0.1, 0.15) is 33.1 Å².